The van der Waals surface area contributed by atoms with Crippen LogP contribution in [0.5, 0.6) is 0 Å². The van der Waals surface area contributed by atoms with Crippen molar-refractivity contribution in [3.8, 4) is 0 Å². The molecule has 3 heteroatoms. The summed E-state index contributed by atoms with van der Waals surface area (Å²) in [6.45, 7) is 3.00. The number of hydrogen-bond acceptors (Lipinski definition) is 2. The molecule has 0 atom stereocenters. The second kappa shape index (κ2) is 3.83. The molecule has 1 aliphatic carbocycles. The van der Waals surface area contributed by atoms with Gasteiger partial charge < -0.3 is 0 Å². The predicted octanol–water partition coefficient (Wildman–Crippen LogP) is 1.54. The van der Waals surface area contributed by atoms with E-state index in [2.05, 4.69) is 0 Å². The fourth-order valence-electron chi connectivity index (χ4n) is 1.04. The van der Waals surface area contributed by atoms with Crippen LogP contribution >= 0.6 is 0 Å². The van der Waals surface area contributed by atoms with E-state index in [1.807, 2.05) is 18.2 Å². The summed E-state index contributed by atoms with van der Waals surface area (Å²) in [6.07, 6.45) is 6.55. The fraction of sp³-hybridized carbons (Fsp3) is 0.333. The molecule has 0 saturated heterocycles. The topological polar surface area (TPSA) is 34.1 Å². The van der Waals surface area contributed by atoms with Crippen LogP contribution < -0.4 is 0 Å². The zero-order valence-corrected chi connectivity index (χ0v) is 8.21. The molecule has 67 valence electrons. The Labute approximate surface area is 76.2 Å². The Morgan fingerprint density at radius 2 is 1.92 bits per heavy atom. The van der Waals surface area contributed by atoms with Gasteiger partial charge in [0.25, 0.3) is 0 Å². The number of carbonyl (C=O) groups excluding carboxylic acids is 2. The Morgan fingerprint density at radius 1 is 1.33 bits per heavy atom. The SMILES string of the molecule is C[C](=O)[Fe]([C](C)=O)[C]1=CC=CC1. The van der Waals surface area contributed by atoms with Gasteiger partial charge in [-0.05, 0) is 0 Å². The van der Waals surface area contributed by atoms with Crippen LogP contribution in [-0.2, 0) is 23.5 Å². The Kier molecular flexibility index (Phi) is 3.01. The Morgan fingerprint density at radius 3 is 2.25 bits per heavy atom. The van der Waals surface area contributed by atoms with Crippen LogP contribution in [0.1, 0.15) is 20.3 Å². The van der Waals surface area contributed by atoms with Crippen LogP contribution in [0.3, 0.4) is 0 Å². The fourth-order valence-corrected chi connectivity index (χ4v) is 3.23. The average molecular weight is 207 g/mol. The van der Waals surface area contributed by atoms with Gasteiger partial charge in [0.05, 0.1) is 0 Å². The molecule has 0 saturated carbocycles. The molecule has 0 aromatic heterocycles. The van der Waals surface area contributed by atoms with Crippen LogP contribution in [0.15, 0.2) is 22.7 Å². The molecular formula is C9H11FeO2. The molecule has 2 nitrogen and oxygen atoms in total. The van der Waals surface area contributed by atoms with Crippen molar-refractivity contribution in [1.29, 1.82) is 0 Å². The Bertz CT molecular complexity index is 262. The second-order valence-electron chi connectivity index (χ2n) is 2.40. The van der Waals surface area contributed by atoms with Gasteiger partial charge in [-0.3, -0.25) is 0 Å². The second-order valence-corrected chi connectivity index (χ2v) is 5.49. The molecule has 0 aromatic carbocycles. The van der Waals surface area contributed by atoms with E-state index in [-0.39, 0.29) is 9.36 Å². The summed E-state index contributed by atoms with van der Waals surface area (Å²) in [7, 11) is 0. The normalized spacial score (nSPS) is 15.8. The van der Waals surface area contributed by atoms with E-state index in [0.717, 1.165) is 10.9 Å². The van der Waals surface area contributed by atoms with Gasteiger partial charge in [-0.2, -0.15) is 0 Å². The molecule has 1 rings (SSSR count). The van der Waals surface area contributed by atoms with E-state index >= 15 is 0 Å². The van der Waals surface area contributed by atoms with Gasteiger partial charge in [-0.15, -0.1) is 0 Å². The molecule has 0 heterocycles. The third-order valence-corrected chi connectivity index (χ3v) is 4.12. The summed E-state index contributed by atoms with van der Waals surface area (Å²) < 4.78 is 1.06. The molecule has 0 radical (unpaired) electrons. The van der Waals surface area contributed by atoms with Gasteiger partial charge in [0.1, 0.15) is 0 Å². The maximum atomic E-state index is 11.1. The standard InChI is InChI=1S/C5H5.2C2H3O.Fe/c1-2-4-5-3-1;2*1-2-3;/h1-3H,4H2;2*1H3;. The summed E-state index contributed by atoms with van der Waals surface area (Å²) in [5, 5.41) is 0. The van der Waals surface area contributed by atoms with Gasteiger partial charge in [0.15, 0.2) is 0 Å². The minimum absolute atomic E-state index is 0.0254. The van der Waals surface area contributed by atoms with Gasteiger partial charge in [0.2, 0.25) is 0 Å². The van der Waals surface area contributed by atoms with Crippen LogP contribution in [0, 0.1) is 0 Å². The zero-order valence-electron chi connectivity index (χ0n) is 7.11. The van der Waals surface area contributed by atoms with Crippen LogP contribution in [-0.4, -0.2) is 9.36 Å². The van der Waals surface area contributed by atoms with Gasteiger partial charge in [-0.1, -0.05) is 0 Å². The number of rotatable bonds is 3. The summed E-state index contributed by atoms with van der Waals surface area (Å²) in [6, 6.07) is 0. The first-order chi connectivity index (χ1) is 5.63. The maximum absolute atomic E-state index is 11.1. The monoisotopic (exact) mass is 207 g/mol. The molecule has 0 aliphatic heterocycles. The van der Waals surface area contributed by atoms with Crippen LogP contribution in [0.2, 0.25) is 0 Å². The van der Waals surface area contributed by atoms with E-state index in [1.165, 1.54) is 13.8 Å². The van der Waals surface area contributed by atoms with Crippen LogP contribution in [0.25, 0.3) is 0 Å². The molecule has 1 aliphatic rings. The molecule has 0 fully saturated rings. The molecule has 0 aromatic rings. The van der Waals surface area contributed by atoms with Crippen molar-refractivity contribution in [3.05, 3.63) is 22.7 Å². The summed E-state index contributed by atoms with van der Waals surface area (Å²) in [4.78, 5) is 22.2. The first-order valence-corrected chi connectivity index (χ1v) is 5.31. The quantitative estimate of drug-likeness (QED) is 0.657. The first-order valence-electron chi connectivity index (χ1n) is 3.66. The number of carbonyl (C=O) groups is 2. The van der Waals surface area contributed by atoms with Crippen LogP contribution in [0.4, 0.5) is 0 Å². The van der Waals surface area contributed by atoms with Crippen molar-refractivity contribution in [2.75, 3.05) is 0 Å². The van der Waals surface area contributed by atoms with E-state index in [0.29, 0.717) is 0 Å². The third kappa shape index (κ3) is 1.93. The number of hydrogen-bond donors (Lipinski definition) is 0. The number of allylic oxidation sites excluding steroid dienone is 4. The minimum atomic E-state index is -1.35. The molecular weight excluding hydrogens is 196 g/mol. The molecule has 0 unspecified atom stereocenters. The van der Waals surface area contributed by atoms with E-state index in [9.17, 15) is 9.59 Å². The third-order valence-electron chi connectivity index (χ3n) is 1.44. The average Bonchev–Trinajstić information content (AvgIpc) is 2.37. The zero-order chi connectivity index (χ0) is 9.14. The Balaban J connectivity index is 2.80. The van der Waals surface area contributed by atoms with Crippen molar-refractivity contribution in [2.45, 2.75) is 20.3 Å². The Hall–Kier alpha value is -0.661. The van der Waals surface area contributed by atoms with Gasteiger partial charge >= 0.3 is 75.8 Å². The molecule has 0 amide bonds. The summed E-state index contributed by atoms with van der Waals surface area (Å²) in [5.74, 6) is 0. The van der Waals surface area contributed by atoms with E-state index in [4.69, 9.17) is 0 Å². The van der Waals surface area contributed by atoms with Crippen molar-refractivity contribution in [1.82, 2.24) is 0 Å². The van der Waals surface area contributed by atoms with E-state index < -0.39 is 13.9 Å². The molecule has 0 N–H and O–H groups in total. The predicted molar refractivity (Wildman–Crippen MR) is 43.2 cm³/mol. The van der Waals surface area contributed by atoms with Crippen molar-refractivity contribution >= 4 is 9.36 Å². The molecule has 0 bridgehead atoms. The van der Waals surface area contributed by atoms with E-state index in [1.54, 1.807) is 0 Å². The first kappa shape index (κ1) is 9.43. The summed E-state index contributed by atoms with van der Waals surface area (Å²) in [5.41, 5.74) is 0. The molecule has 0 spiro atoms. The van der Waals surface area contributed by atoms with Crippen molar-refractivity contribution < 1.29 is 23.5 Å². The summed E-state index contributed by atoms with van der Waals surface area (Å²) >= 11 is -1.35. The van der Waals surface area contributed by atoms with Crippen molar-refractivity contribution in [2.24, 2.45) is 0 Å². The van der Waals surface area contributed by atoms with Gasteiger partial charge in [0, 0.05) is 0 Å². The van der Waals surface area contributed by atoms with Gasteiger partial charge in [-0.25, -0.2) is 0 Å². The van der Waals surface area contributed by atoms with Crippen molar-refractivity contribution in [3.63, 3.8) is 0 Å². The molecule has 12 heavy (non-hydrogen) atoms.